The van der Waals surface area contributed by atoms with Crippen molar-refractivity contribution in [2.75, 3.05) is 21.1 Å². The molecule has 1 N–H and O–H groups in total. The molecule has 0 saturated carbocycles. The third-order valence-electron chi connectivity index (χ3n) is 3.10. The standard InChI is InChI=1S/C12H18NO/c1-13(2,3)11-8-12(14)10-7-5-4-6-9(10)11/h4-7,11-12,14H,8H2,1-3H3/q+1. The first-order valence-corrected chi connectivity index (χ1v) is 5.08. The fourth-order valence-electron chi connectivity index (χ4n) is 2.32. The molecular weight excluding hydrogens is 174 g/mol. The van der Waals surface area contributed by atoms with Crippen LogP contribution in [-0.4, -0.2) is 30.7 Å². The molecule has 2 unspecified atom stereocenters. The van der Waals surface area contributed by atoms with Crippen LogP contribution in [0, 0.1) is 0 Å². The van der Waals surface area contributed by atoms with Crippen molar-refractivity contribution in [2.45, 2.75) is 18.6 Å². The summed E-state index contributed by atoms with van der Waals surface area (Å²) in [7, 11) is 6.54. The topological polar surface area (TPSA) is 20.2 Å². The van der Waals surface area contributed by atoms with Gasteiger partial charge in [0, 0.05) is 12.0 Å². The molecule has 1 aliphatic carbocycles. The summed E-state index contributed by atoms with van der Waals surface area (Å²) in [6.45, 7) is 0. The number of fused-ring (bicyclic) bond motifs is 1. The third-order valence-corrected chi connectivity index (χ3v) is 3.10. The van der Waals surface area contributed by atoms with Gasteiger partial charge in [-0.15, -0.1) is 0 Å². The third kappa shape index (κ3) is 1.45. The quantitative estimate of drug-likeness (QED) is 0.673. The van der Waals surface area contributed by atoms with E-state index in [1.165, 1.54) is 5.56 Å². The van der Waals surface area contributed by atoms with Gasteiger partial charge in [-0.1, -0.05) is 24.3 Å². The van der Waals surface area contributed by atoms with Crippen LogP contribution in [0.2, 0.25) is 0 Å². The fourth-order valence-corrected chi connectivity index (χ4v) is 2.32. The first-order valence-electron chi connectivity index (χ1n) is 5.08. The van der Waals surface area contributed by atoms with Crippen LogP contribution in [-0.2, 0) is 0 Å². The fraction of sp³-hybridized carbons (Fsp3) is 0.500. The number of hydrogen-bond acceptors (Lipinski definition) is 1. The van der Waals surface area contributed by atoms with E-state index in [4.69, 9.17) is 0 Å². The largest absolute Gasteiger partial charge is 0.388 e. The Balaban J connectivity index is 2.44. The normalized spacial score (nSPS) is 26.3. The van der Waals surface area contributed by atoms with Gasteiger partial charge in [0.25, 0.3) is 0 Å². The highest BCUT2D eigenvalue weighted by molar-refractivity contribution is 5.35. The zero-order chi connectivity index (χ0) is 10.3. The number of aliphatic hydroxyl groups is 1. The summed E-state index contributed by atoms with van der Waals surface area (Å²) in [5, 5.41) is 9.91. The molecule has 2 atom stereocenters. The van der Waals surface area contributed by atoms with Gasteiger partial charge in [0.1, 0.15) is 6.04 Å². The Morgan fingerprint density at radius 1 is 1.14 bits per heavy atom. The van der Waals surface area contributed by atoms with E-state index in [-0.39, 0.29) is 6.10 Å². The molecule has 2 nitrogen and oxygen atoms in total. The van der Waals surface area contributed by atoms with E-state index in [0.717, 1.165) is 16.5 Å². The SMILES string of the molecule is C[N+](C)(C)C1CC(O)c2ccccc21. The maximum Gasteiger partial charge on any atom is 0.117 e. The second kappa shape index (κ2) is 3.07. The monoisotopic (exact) mass is 192 g/mol. The van der Waals surface area contributed by atoms with Crippen LogP contribution in [0.5, 0.6) is 0 Å². The number of rotatable bonds is 1. The summed E-state index contributed by atoms with van der Waals surface area (Å²) in [5.74, 6) is 0. The molecule has 2 heteroatoms. The summed E-state index contributed by atoms with van der Waals surface area (Å²) >= 11 is 0. The Hall–Kier alpha value is -0.860. The van der Waals surface area contributed by atoms with Gasteiger partial charge in [-0.05, 0) is 5.56 Å². The molecule has 76 valence electrons. The molecule has 2 rings (SSSR count). The molecule has 0 heterocycles. The Bertz CT molecular complexity index is 340. The van der Waals surface area contributed by atoms with Crippen molar-refractivity contribution in [3.63, 3.8) is 0 Å². The van der Waals surface area contributed by atoms with Crippen molar-refractivity contribution >= 4 is 0 Å². The Labute approximate surface area is 85.4 Å². The van der Waals surface area contributed by atoms with Crippen LogP contribution in [0.4, 0.5) is 0 Å². The van der Waals surface area contributed by atoms with Crippen LogP contribution in [0.3, 0.4) is 0 Å². The predicted octanol–water partition coefficient (Wildman–Crippen LogP) is 1.87. The number of hydrogen-bond donors (Lipinski definition) is 1. The van der Waals surface area contributed by atoms with Gasteiger partial charge in [0.05, 0.1) is 27.2 Å². The summed E-state index contributed by atoms with van der Waals surface area (Å²) in [5.41, 5.74) is 2.43. The molecule has 1 aromatic carbocycles. The lowest BCUT2D eigenvalue weighted by atomic mass is 10.1. The van der Waals surface area contributed by atoms with Crippen LogP contribution >= 0.6 is 0 Å². The second-order valence-corrected chi connectivity index (χ2v) is 5.01. The average molecular weight is 192 g/mol. The van der Waals surface area contributed by atoms with Crippen molar-refractivity contribution < 1.29 is 9.59 Å². The number of nitrogens with zero attached hydrogens (tertiary/aromatic N) is 1. The van der Waals surface area contributed by atoms with Gasteiger partial charge in [-0.2, -0.15) is 0 Å². The number of benzene rings is 1. The maximum atomic E-state index is 9.91. The van der Waals surface area contributed by atoms with Gasteiger partial charge >= 0.3 is 0 Å². The van der Waals surface area contributed by atoms with Crippen molar-refractivity contribution in [2.24, 2.45) is 0 Å². The van der Waals surface area contributed by atoms with Gasteiger partial charge < -0.3 is 9.59 Å². The van der Waals surface area contributed by atoms with Crippen molar-refractivity contribution in [3.8, 4) is 0 Å². The number of quaternary nitrogens is 1. The average Bonchev–Trinajstić information content (AvgIpc) is 2.44. The Morgan fingerprint density at radius 2 is 1.71 bits per heavy atom. The molecule has 1 aliphatic rings. The molecular formula is C12H18NO+. The molecule has 0 spiro atoms. The molecule has 0 amide bonds. The summed E-state index contributed by atoms with van der Waals surface area (Å²) in [6, 6.07) is 8.66. The Kier molecular flexibility index (Phi) is 2.13. The predicted molar refractivity (Wildman–Crippen MR) is 56.8 cm³/mol. The van der Waals surface area contributed by atoms with E-state index >= 15 is 0 Å². The zero-order valence-electron chi connectivity index (χ0n) is 9.07. The minimum absolute atomic E-state index is 0.270. The summed E-state index contributed by atoms with van der Waals surface area (Å²) in [6.07, 6.45) is 0.580. The zero-order valence-corrected chi connectivity index (χ0v) is 9.07. The Morgan fingerprint density at radius 3 is 2.29 bits per heavy atom. The van der Waals surface area contributed by atoms with Crippen LogP contribution < -0.4 is 0 Å². The van der Waals surface area contributed by atoms with E-state index in [1.807, 2.05) is 12.1 Å². The van der Waals surface area contributed by atoms with E-state index in [2.05, 4.69) is 33.3 Å². The van der Waals surface area contributed by atoms with Crippen LogP contribution in [0.1, 0.15) is 29.7 Å². The van der Waals surface area contributed by atoms with Gasteiger partial charge in [-0.25, -0.2) is 0 Å². The molecule has 1 aromatic rings. The lowest BCUT2D eigenvalue weighted by molar-refractivity contribution is -0.902. The molecule has 14 heavy (non-hydrogen) atoms. The van der Waals surface area contributed by atoms with E-state index in [9.17, 15) is 5.11 Å². The minimum atomic E-state index is -0.270. The highest BCUT2D eigenvalue weighted by Gasteiger charge is 2.37. The number of aliphatic hydroxyl groups excluding tert-OH is 1. The molecule has 0 radical (unpaired) electrons. The lowest BCUT2D eigenvalue weighted by Gasteiger charge is -2.32. The molecule has 0 saturated heterocycles. The van der Waals surface area contributed by atoms with Crippen LogP contribution in [0.15, 0.2) is 24.3 Å². The molecule has 0 aliphatic heterocycles. The van der Waals surface area contributed by atoms with Crippen LogP contribution in [0.25, 0.3) is 0 Å². The smallest absolute Gasteiger partial charge is 0.117 e. The highest BCUT2D eigenvalue weighted by atomic mass is 16.3. The summed E-state index contributed by atoms with van der Waals surface area (Å²) < 4.78 is 0.883. The van der Waals surface area contributed by atoms with E-state index in [0.29, 0.717) is 6.04 Å². The van der Waals surface area contributed by atoms with Crippen molar-refractivity contribution in [1.29, 1.82) is 0 Å². The minimum Gasteiger partial charge on any atom is -0.388 e. The lowest BCUT2D eigenvalue weighted by Crippen LogP contribution is -2.37. The van der Waals surface area contributed by atoms with Gasteiger partial charge in [0.15, 0.2) is 0 Å². The first kappa shape index (κ1) is 9.69. The van der Waals surface area contributed by atoms with Gasteiger partial charge in [0.2, 0.25) is 0 Å². The highest BCUT2D eigenvalue weighted by Crippen LogP contribution is 2.43. The molecule has 0 fully saturated rings. The van der Waals surface area contributed by atoms with Crippen molar-refractivity contribution in [3.05, 3.63) is 35.4 Å². The van der Waals surface area contributed by atoms with E-state index < -0.39 is 0 Å². The first-order chi connectivity index (χ1) is 6.50. The summed E-state index contributed by atoms with van der Waals surface area (Å²) in [4.78, 5) is 0. The molecule has 0 aromatic heterocycles. The van der Waals surface area contributed by atoms with Gasteiger partial charge in [-0.3, -0.25) is 0 Å². The maximum absolute atomic E-state index is 9.91. The second-order valence-electron chi connectivity index (χ2n) is 5.01. The van der Waals surface area contributed by atoms with E-state index in [1.54, 1.807) is 0 Å². The van der Waals surface area contributed by atoms with Crippen molar-refractivity contribution in [1.82, 2.24) is 0 Å². The molecule has 0 bridgehead atoms.